The van der Waals surface area contributed by atoms with Crippen LogP contribution in [0.2, 0.25) is 0 Å². The lowest BCUT2D eigenvalue weighted by Gasteiger charge is -2.32. The summed E-state index contributed by atoms with van der Waals surface area (Å²) in [7, 11) is 0. The fourth-order valence-corrected chi connectivity index (χ4v) is 6.71. The number of carbonyl (C=O) groups excluding carboxylic acids is 2. The van der Waals surface area contributed by atoms with Crippen LogP contribution in [-0.4, -0.2) is 32.4 Å². The van der Waals surface area contributed by atoms with Crippen molar-refractivity contribution in [3.63, 3.8) is 0 Å². The third-order valence-electron chi connectivity index (χ3n) is 9.26. The number of aryl methyl sites for hydroxylation is 4. The van der Waals surface area contributed by atoms with E-state index >= 15 is 0 Å². The summed E-state index contributed by atoms with van der Waals surface area (Å²) in [6.07, 6.45) is 0. The van der Waals surface area contributed by atoms with Crippen LogP contribution in [0, 0.1) is 27.7 Å². The molecule has 8 nitrogen and oxygen atoms in total. The first-order chi connectivity index (χ1) is 21.9. The number of carbonyl (C=O) groups is 2. The molecule has 0 spiro atoms. The lowest BCUT2D eigenvalue weighted by Crippen LogP contribution is -2.30. The maximum absolute atomic E-state index is 14.0. The Labute approximate surface area is 264 Å². The first-order valence-corrected chi connectivity index (χ1v) is 14.7. The van der Waals surface area contributed by atoms with Crippen molar-refractivity contribution in [2.24, 2.45) is 0 Å². The molecule has 0 radical (unpaired) electrons. The molecule has 2 aliphatic rings. The van der Waals surface area contributed by atoms with Crippen LogP contribution in [0.1, 0.15) is 76.4 Å². The SMILES string of the molecule is Cc1cc(C2(c3ccc(O)c(C)c3)OC(=O)c3cc4c(cc32)C(=O)OC4(c2ccc(O)c(C)c2)c2ccc(O)c(C)c2)ccc1O. The predicted octanol–water partition coefficient (Wildman–Crippen LogP) is 6.67. The van der Waals surface area contributed by atoms with Crippen molar-refractivity contribution in [2.75, 3.05) is 0 Å². The summed E-state index contributed by atoms with van der Waals surface area (Å²) in [4.78, 5) is 28.0. The van der Waals surface area contributed by atoms with E-state index in [1.807, 2.05) is 0 Å². The molecule has 0 unspecified atom stereocenters. The number of benzene rings is 5. The average Bonchev–Trinajstić information content (AvgIpc) is 3.49. The minimum Gasteiger partial charge on any atom is -0.508 e. The predicted molar refractivity (Wildman–Crippen MR) is 168 cm³/mol. The second-order valence-electron chi connectivity index (χ2n) is 12.1. The van der Waals surface area contributed by atoms with Gasteiger partial charge in [0.2, 0.25) is 0 Å². The van der Waals surface area contributed by atoms with Gasteiger partial charge < -0.3 is 29.9 Å². The summed E-state index contributed by atoms with van der Waals surface area (Å²) in [5.74, 6) is -0.985. The maximum atomic E-state index is 14.0. The highest BCUT2D eigenvalue weighted by Gasteiger charge is 2.54. The normalized spacial score (nSPS) is 15.7. The molecule has 4 N–H and O–H groups in total. The van der Waals surface area contributed by atoms with E-state index in [-0.39, 0.29) is 34.1 Å². The van der Waals surface area contributed by atoms with Crippen molar-refractivity contribution in [3.8, 4) is 23.0 Å². The first kappa shape index (κ1) is 29.0. The highest BCUT2D eigenvalue weighted by Crippen LogP contribution is 2.54. The molecule has 8 heteroatoms. The Balaban J connectivity index is 1.56. The Hall–Kier alpha value is -5.76. The molecular weight excluding hydrogens is 584 g/mol. The number of esters is 2. The van der Waals surface area contributed by atoms with E-state index in [4.69, 9.17) is 9.47 Å². The second kappa shape index (κ2) is 9.87. The third-order valence-corrected chi connectivity index (χ3v) is 9.26. The summed E-state index contributed by atoms with van der Waals surface area (Å²) < 4.78 is 12.6. The van der Waals surface area contributed by atoms with Gasteiger partial charge in [-0.05, 0) is 111 Å². The second-order valence-corrected chi connectivity index (χ2v) is 12.1. The van der Waals surface area contributed by atoms with Gasteiger partial charge in [0.1, 0.15) is 23.0 Å². The topological polar surface area (TPSA) is 134 Å². The molecule has 0 atom stereocenters. The summed E-state index contributed by atoms with van der Waals surface area (Å²) in [5.41, 5.74) is 2.59. The van der Waals surface area contributed by atoms with Crippen molar-refractivity contribution < 1.29 is 39.5 Å². The molecular formula is C38H30O8. The molecule has 5 aromatic carbocycles. The van der Waals surface area contributed by atoms with Gasteiger partial charge in [-0.2, -0.15) is 0 Å². The van der Waals surface area contributed by atoms with Crippen molar-refractivity contribution in [1.29, 1.82) is 0 Å². The van der Waals surface area contributed by atoms with E-state index in [0.717, 1.165) is 0 Å². The van der Waals surface area contributed by atoms with E-state index in [2.05, 4.69) is 0 Å². The minimum atomic E-state index is -1.52. The number of cyclic esters (lactones) is 2. The van der Waals surface area contributed by atoms with Crippen LogP contribution in [0.4, 0.5) is 0 Å². The molecule has 0 saturated carbocycles. The van der Waals surface area contributed by atoms with Crippen LogP contribution in [0.15, 0.2) is 84.9 Å². The van der Waals surface area contributed by atoms with Gasteiger partial charge in [-0.1, -0.05) is 24.3 Å². The Morgan fingerprint density at radius 3 is 0.935 bits per heavy atom. The molecule has 0 aliphatic carbocycles. The monoisotopic (exact) mass is 614 g/mol. The van der Waals surface area contributed by atoms with Crippen LogP contribution >= 0.6 is 0 Å². The number of rotatable bonds is 4. The van der Waals surface area contributed by atoms with E-state index in [1.54, 1.807) is 88.4 Å². The summed E-state index contributed by atoms with van der Waals surface area (Å²) in [6.45, 7) is 6.94. The molecule has 0 saturated heterocycles. The molecule has 0 amide bonds. The minimum absolute atomic E-state index is 0.0704. The Bertz CT molecular complexity index is 1890. The van der Waals surface area contributed by atoms with Crippen LogP contribution in [-0.2, 0) is 20.7 Å². The van der Waals surface area contributed by atoms with Gasteiger partial charge >= 0.3 is 11.9 Å². The van der Waals surface area contributed by atoms with E-state index in [9.17, 15) is 30.0 Å². The lowest BCUT2D eigenvalue weighted by molar-refractivity contribution is 0.0245. The summed E-state index contributed by atoms with van der Waals surface area (Å²) in [5, 5.41) is 41.4. The molecule has 2 aliphatic heterocycles. The lowest BCUT2D eigenvalue weighted by atomic mass is 9.74. The smallest absolute Gasteiger partial charge is 0.340 e. The van der Waals surface area contributed by atoms with Gasteiger partial charge in [-0.15, -0.1) is 0 Å². The maximum Gasteiger partial charge on any atom is 0.340 e. The highest BCUT2D eigenvalue weighted by atomic mass is 16.6. The van der Waals surface area contributed by atoms with Crippen LogP contribution in [0.3, 0.4) is 0 Å². The zero-order chi connectivity index (χ0) is 32.7. The highest BCUT2D eigenvalue weighted by molar-refractivity contribution is 6.02. The molecule has 2 heterocycles. The molecule has 230 valence electrons. The van der Waals surface area contributed by atoms with Gasteiger partial charge in [0, 0.05) is 33.4 Å². The Morgan fingerprint density at radius 1 is 0.435 bits per heavy atom. The number of fused-ring (bicyclic) bond motifs is 2. The number of hydrogen-bond acceptors (Lipinski definition) is 8. The number of ether oxygens (including phenoxy) is 2. The Kier molecular flexibility index (Phi) is 6.22. The fraction of sp³-hybridized carbons (Fsp3) is 0.158. The van der Waals surface area contributed by atoms with Gasteiger partial charge in [0.05, 0.1) is 11.1 Å². The van der Waals surface area contributed by atoms with Crippen LogP contribution < -0.4 is 0 Å². The standard InChI is InChI=1S/C38H30O8/c1-19-13-23(5-9-31(19)39)37(24-6-10-32(40)20(2)14-24)29-17-28-30(18-27(29)35(43)45-37)38(46-36(28)44,25-7-11-33(41)21(3)15-25)26-8-12-34(42)22(4)16-26/h5-18,39-42H,1-4H3. The molecule has 7 rings (SSSR count). The number of phenols is 4. The van der Waals surface area contributed by atoms with E-state index < -0.39 is 23.1 Å². The largest absolute Gasteiger partial charge is 0.508 e. The summed E-state index contributed by atoms with van der Waals surface area (Å²) in [6, 6.07) is 23.0. The van der Waals surface area contributed by atoms with E-state index in [1.165, 1.54) is 24.3 Å². The van der Waals surface area contributed by atoms with Gasteiger partial charge in [0.25, 0.3) is 0 Å². The van der Waals surface area contributed by atoms with Gasteiger partial charge in [-0.25, -0.2) is 9.59 Å². The number of hydrogen-bond donors (Lipinski definition) is 4. The van der Waals surface area contributed by atoms with Crippen molar-refractivity contribution in [3.05, 3.63) is 152 Å². The first-order valence-electron chi connectivity index (χ1n) is 14.7. The van der Waals surface area contributed by atoms with Gasteiger partial charge in [0.15, 0.2) is 11.2 Å². The van der Waals surface area contributed by atoms with Gasteiger partial charge in [-0.3, -0.25) is 0 Å². The van der Waals surface area contributed by atoms with Crippen molar-refractivity contribution >= 4 is 11.9 Å². The molecule has 0 fully saturated rings. The third kappa shape index (κ3) is 3.92. The molecule has 46 heavy (non-hydrogen) atoms. The Morgan fingerprint density at radius 2 is 0.696 bits per heavy atom. The fourth-order valence-electron chi connectivity index (χ4n) is 6.71. The number of phenolic OH excluding ortho intramolecular Hbond substituents is 4. The zero-order valence-electron chi connectivity index (χ0n) is 25.5. The van der Waals surface area contributed by atoms with Crippen LogP contribution in [0.25, 0.3) is 0 Å². The summed E-state index contributed by atoms with van der Waals surface area (Å²) >= 11 is 0. The molecule has 0 aromatic heterocycles. The molecule has 5 aromatic rings. The zero-order valence-corrected chi connectivity index (χ0v) is 25.5. The average molecular weight is 615 g/mol. The number of aromatic hydroxyl groups is 4. The quantitative estimate of drug-likeness (QED) is 0.165. The van der Waals surface area contributed by atoms with E-state index in [0.29, 0.717) is 55.6 Å². The van der Waals surface area contributed by atoms with Crippen molar-refractivity contribution in [2.45, 2.75) is 38.9 Å². The van der Waals surface area contributed by atoms with Crippen molar-refractivity contribution in [1.82, 2.24) is 0 Å². The molecule has 0 bridgehead atoms. The van der Waals surface area contributed by atoms with Crippen LogP contribution in [0.5, 0.6) is 23.0 Å².